The molecule has 2 saturated carbocycles. The van der Waals surface area contributed by atoms with Crippen molar-refractivity contribution in [3.05, 3.63) is 23.3 Å². The predicted molar refractivity (Wildman–Crippen MR) is 110 cm³/mol. The second kappa shape index (κ2) is 6.70. The number of rotatable bonds is 4. The molecule has 0 radical (unpaired) electrons. The van der Waals surface area contributed by atoms with Gasteiger partial charge in [-0.05, 0) is 86.0 Å². The fourth-order valence-electron chi connectivity index (χ4n) is 7.20. The van der Waals surface area contributed by atoms with Gasteiger partial charge < -0.3 is 14.7 Å². The molecule has 4 heteroatoms. The number of hydrogen-bond acceptors (Lipinski definition) is 4. The van der Waals surface area contributed by atoms with Crippen LogP contribution in [0.3, 0.4) is 0 Å². The van der Waals surface area contributed by atoms with E-state index in [1.807, 2.05) is 0 Å². The molecule has 0 aromatic carbocycles. The van der Waals surface area contributed by atoms with Gasteiger partial charge in [-0.2, -0.15) is 0 Å². The summed E-state index contributed by atoms with van der Waals surface area (Å²) in [4.78, 5) is 5.55. The van der Waals surface area contributed by atoms with Crippen molar-refractivity contribution in [2.24, 2.45) is 33.7 Å². The van der Waals surface area contributed by atoms with Gasteiger partial charge in [0, 0.05) is 0 Å². The Kier molecular flexibility index (Phi) is 4.52. The second-order valence-corrected chi connectivity index (χ2v) is 10.4. The molecule has 1 saturated heterocycles. The van der Waals surface area contributed by atoms with Gasteiger partial charge in [0.2, 0.25) is 0 Å². The van der Waals surface area contributed by atoms with Crippen molar-refractivity contribution in [1.29, 1.82) is 0 Å². The summed E-state index contributed by atoms with van der Waals surface area (Å²) in [5.74, 6) is 2.23. The van der Waals surface area contributed by atoms with Crippen LogP contribution in [0.2, 0.25) is 0 Å². The van der Waals surface area contributed by atoms with Crippen LogP contribution in [0.1, 0.15) is 65.7 Å². The lowest BCUT2D eigenvalue weighted by Gasteiger charge is -2.57. The van der Waals surface area contributed by atoms with E-state index < -0.39 is 0 Å². The van der Waals surface area contributed by atoms with Gasteiger partial charge in [-0.1, -0.05) is 36.7 Å². The Morgan fingerprint density at radius 2 is 1.96 bits per heavy atom. The fraction of sp³-hybridized carbons (Fsp3) is 0.792. The molecule has 1 aliphatic heterocycles. The SMILES string of the molecule is CC(=NOCC1CO1)C1=CC[C@H]2[C@@H]3CC=C4C[C@@H](O)CC[C@]4(C)[C@H]3CC[C@]12C. The molecule has 0 aromatic heterocycles. The van der Waals surface area contributed by atoms with E-state index in [0.29, 0.717) is 17.9 Å². The topological polar surface area (TPSA) is 54.3 Å². The number of epoxide rings is 1. The third-order valence-electron chi connectivity index (χ3n) is 8.91. The first-order valence-electron chi connectivity index (χ1n) is 11.3. The van der Waals surface area contributed by atoms with Crippen LogP contribution in [0.25, 0.3) is 0 Å². The lowest BCUT2D eigenvalue weighted by molar-refractivity contribution is -0.0280. The number of aliphatic hydroxyl groups is 1. The van der Waals surface area contributed by atoms with Crippen molar-refractivity contribution in [3.63, 3.8) is 0 Å². The summed E-state index contributed by atoms with van der Waals surface area (Å²) in [6, 6.07) is 0. The standard InChI is InChI=1S/C24H35NO3/c1-15(25-28-14-18-13-27-18)20-6-7-21-19-5-4-16-12-17(26)8-10-23(16,2)22(19)9-11-24(20,21)3/h4,6,17-19,21-22,26H,5,7-14H2,1-3H3/t17-,18?,19-,21-,22-,23-,24+/m0/s1. The highest BCUT2D eigenvalue weighted by Gasteiger charge is 2.56. The van der Waals surface area contributed by atoms with E-state index in [9.17, 15) is 5.11 Å². The van der Waals surface area contributed by atoms with Gasteiger partial charge in [0.05, 0.1) is 18.4 Å². The number of fused-ring (bicyclic) bond motifs is 5. The first-order chi connectivity index (χ1) is 13.4. The minimum absolute atomic E-state index is 0.121. The van der Waals surface area contributed by atoms with Crippen LogP contribution in [0.15, 0.2) is 28.5 Å². The highest BCUT2D eigenvalue weighted by atomic mass is 16.7. The smallest absolute Gasteiger partial charge is 0.145 e. The van der Waals surface area contributed by atoms with Crippen LogP contribution in [0.4, 0.5) is 0 Å². The Morgan fingerprint density at radius 1 is 1.18 bits per heavy atom. The van der Waals surface area contributed by atoms with Crippen LogP contribution in [-0.4, -0.2) is 36.2 Å². The van der Waals surface area contributed by atoms with Crippen LogP contribution < -0.4 is 0 Å². The van der Waals surface area contributed by atoms with E-state index in [1.165, 1.54) is 31.3 Å². The lowest BCUT2D eigenvalue weighted by atomic mass is 9.47. The molecule has 1 unspecified atom stereocenters. The zero-order valence-corrected chi connectivity index (χ0v) is 17.6. The minimum Gasteiger partial charge on any atom is -0.393 e. The van der Waals surface area contributed by atoms with E-state index in [1.54, 1.807) is 5.57 Å². The summed E-state index contributed by atoms with van der Waals surface area (Å²) in [7, 11) is 0. The van der Waals surface area contributed by atoms with E-state index in [-0.39, 0.29) is 17.6 Å². The Morgan fingerprint density at radius 3 is 2.75 bits per heavy atom. The van der Waals surface area contributed by atoms with Gasteiger partial charge in [0.25, 0.3) is 0 Å². The summed E-state index contributed by atoms with van der Waals surface area (Å²) in [6.07, 6.45) is 13.0. The molecule has 4 aliphatic carbocycles. The number of hydrogen-bond donors (Lipinski definition) is 1. The van der Waals surface area contributed by atoms with E-state index in [0.717, 1.165) is 43.4 Å². The monoisotopic (exact) mass is 385 g/mol. The Labute approximate surface area is 169 Å². The van der Waals surface area contributed by atoms with Crippen molar-refractivity contribution in [2.75, 3.05) is 13.2 Å². The normalized spacial score (nSPS) is 47.4. The summed E-state index contributed by atoms with van der Waals surface area (Å²) in [5, 5.41) is 14.6. The molecule has 28 heavy (non-hydrogen) atoms. The molecule has 1 heterocycles. The molecule has 7 atom stereocenters. The molecule has 5 aliphatic rings. The molecule has 0 aromatic rings. The van der Waals surface area contributed by atoms with Crippen LogP contribution in [-0.2, 0) is 9.57 Å². The highest BCUT2D eigenvalue weighted by molar-refractivity contribution is 5.99. The van der Waals surface area contributed by atoms with Crippen molar-refractivity contribution in [1.82, 2.24) is 0 Å². The zero-order valence-electron chi connectivity index (χ0n) is 17.6. The first kappa shape index (κ1) is 18.9. The summed E-state index contributed by atoms with van der Waals surface area (Å²) in [5.41, 5.74) is 4.57. The Balaban J connectivity index is 1.36. The number of allylic oxidation sites excluding steroid dienone is 3. The van der Waals surface area contributed by atoms with E-state index in [4.69, 9.17) is 9.57 Å². The van der Waals surface area contributed by atoms with Gasteiger partial charge in [0.15, 0.2) is 0 Å². The predicted octanol–water partition coefficient (Wildman–Crippen LogP) is 4.64. The van der Waals surface area contributed by atoms with Crippen molar-refractivity contribution in [2.45, 2.75) is 77.9 Å². The molecule has 5 rings (SSSR count). The van der Waals surface area contributed by atoms with E-state index >= 15 is 0 Å². The average Bonchev–Trinajstić information content (AvgIpc) is 3.41. The number of aliphatic hydroxyl groups excluding tert-OH is 1. The van der Waals surface area contributed by atoms with Gasteiger partial charge in [-0.15, -0.1) is 0 Å². The van der Waals surface area contributed by atoms with Crippen molar-refractivity contribution >= 4 is 5.71 Å². The lowest BCUT2D eigenvalue weighted by Crippen LogP contribution is -2.50. The molecular formula is C24H35NO3. The first-order valence-corrected chi connectivity index (χ1v) is 11.3. The summed E-state index contributed by atoms with van der Waals surface area (Å²) < 4.78 is 5.21. The van der Waals surface area contributed by atoms with Crippen molar-refractivity contribution < 1.29 is 14.7 Å². The van der Waals surface area contributed by atoms with Crippen LogP contribution >= 0.6 is 0 Å². The molecule has 0 spiro atoms. The molecule has 3 fully saturated rings. The van der Waals surface area contributed by atoms with Gasteiger partial charge in [-0.3, -0.25) is 0 Å². The summed E-state index contributed by atoms with van der Waals surface area (Å²) >= 11 is 0. The Hall–Kier alpha value is -1.13. The van der Waals surface area contributed by atoms with Crippen molar-refractivity contribution in [3.8, 4) is 0 Å². The number of nitrogens with zero attached hydrogens (tertiary/aromatic N) is 1. The van der Waals surface area contributed by atoms with E-state index in [2.05, 4.69) is 38.1 Å². The zero-order chi connectivity index (χ0) is 19.5. The molecular weight excluding hydrogens is 350 g/mol. The largest absolute Gasteiger partial charge is 0.393 e. The molecule has 4 nitrogen and oxygen atoms in total. The maximum atomic E-state index is 10.2. The molecule has 154 valence electrons. The maximum Gasteiger partial charge on any atom is 0.145 e. The Bertz CT molecular complexity index is 736. The van der Waals surface area contributed by atoms with Gasteiger partial charge in [0.1, 0.15) is 12.7 Å². The van der Waals surface area contributed by atoms with Crippen LogP contribution in [0, 0.1) is 28.6 Å². The summed E-state index contributed by atoms with van der Waals surface area (Å²) in [6.45, 7) is 8.47. The third-order valence-corrected chi connectivity index (χ3v) is 8.91. The minimum atomic E-state index is -0.121. The maximum absolute atomic E-state index is 10.2. The molecule has 1 N–H and O–H groups in total. The molecule has 0 bridgehead atoms. The molecule has 0 amide bonds. The van der Waals surface area contributed by atoms with Gasteiger partial charge >= 0.3 is 0 Å². The number of oxime groups is 1. The second-order valence-electron chi connectivity index (χ2n) is 10.4. The number of ether oxygens (including phenoxy) is 1. The highest BCUT2D eigenvalue weighted by Crippen LogP contribution is 2.65. The average molecular weight is 386 g/mol. The van der Waals surface area contributed by atoms with Crippen LogP contribution in [0.5, 0.6) is 0 Å². The fourth-order valence-corrected chi connectivity index (χ4v) is 7.20. The quantitative estimate of drug-likeness (QED) is 0.332. The van der Waals surface area contributed by atoms with Gasteiger partial charge in [-0.25, -0.2) is 0 Å². The third kappa shape index (κ3) is 2.90.